The second-order valence-electron chi connectivity index (χ2n) is 9.69. The van der Waals surface area contributed by atoms with Gasteiger partial charge in [-0.1, -0.05) is 60.1 Å². The standard InChI is InChI=1S/C32H35ClO5/c1-2-35-26-12-10-23(11-13-26)16-25-17-29-31(20-30(25)33)36-15-7-6-14-34-22-28-18-27(19-32(29)38-28)37-21-24-8-4-3-5-9-24/h3-13,17,20,27-28,32H,2,14-16,18-19,21-22H2,1H3/b7-6-. The zero-order valence-corrected chi connectivity index (χ0v) is 22.6. The predicted octanol–water partition coefficient (Wildman–Crippen LogP) is 7.10. The van der Waals surface area contributed by atoms with Gasteiger partial charge in [0.15, 0.2) is 0 Å². The van der Waals surface area contributed by atoms with E-state index in [1.165, 1.54) is 0 Å². The molecule has 3 atom stereocenters. The quantitative estimate of drug-likeness (QED) is 0.302. The molecule has 2 heterocycles. The van der Waals surface area contributed by atoms with Crippen LogP contribution in [0.5, 0.6) is 11.5 Å². The van der Waals surface area contributed by atoms with Crippen molar-refractivity contribution in [2.75, 3.05) is 26.4 Å². The van der Waals surface area contributed by atoms with E-state index in [4.69, 9.17) is 35.3 Å². The molecule has 0 radical (unpaired) electrons. The van der Waals surface area contributed by atoms with Gasteiger partial charge >= 0.3 is 0 Å². The van der Waals surface area contributed by atoms with Crippen molar-refractivity contribution in [1.29, 1.82) is 0 Å². The van der Waals surface area contributed by atoms with Gasteiger partial charge in [0.1, 0.15) is 18.1 Å². The van der Waals surface area contributed by atoms with Crippen molar-refractivity contribution in [2.24, 2.45) is 0 Å². The number of benzene rings is 3. The van der Waals surface area contributed by atoms with Gasteiger partial charge in [0, 0.05) is 23.4 Å². The van der Waals surface area contributed by atoms with Crippen molar-refractivity contribution in [1.82, 2.24) is 0 Å². The average Bonchev–Trinajstić information content (AvgIpc) is 2.94. The van der Waals surface area contributed by atoms with E-state index in [0.29, 0.717) is 44.5 Å². The van der Waals surface area contributed by atoms with Crippen molar-refractivity contribution in [2.45, 2.75) is 51.1 Å². The Kier molecular flexibility index (Phi) is 9.37. The van der Waals surface area contributed by atoms with Gasteiger partial charge < -0.3 is 23.7 Å². The van der Waals surface area contributed by atoms with Crippen LogP contribution in [-0.4, -0.2) is 38.6 Å². The molecule has 2 aliphatic heterocycles. The van der Waals surface area contributed by atoms with Gasteiger partial charge in [-0.15, -0.1) is 0 Å². The fourth-order valence-corrected chi connectivity index (χ4v) is 5.19. The Morgan fingerprint density at radius 1 is 0.921 bits per heavy atom. The van der Waals surface area contributed by atoms with E-state index in [-0.39, 0.29) is 18.3 Å². The summed E-state index contributed by atoms with van der Waals surface area (Å²) in [5, 5.41) is 0.682. The van der Waals surface area contributed by atoms with Crippen LogP contribution in [0, 0.1) is 0 Å². The van der Waals surface area contributed by atoms with Gasteiger partial charge in [-0.3, -0.25) is 0 Å². The van der Waals surface area contributed by atoms with Crippen LogP contribution in [0.4, 0.5) is 0 Å². The Morgan fingerprint density at radius 2 is 1.74 bits per heavy atom. The number of hydrogen-bond donors (Lipinski definition) is 0. The van der Waals surface area contributed by atoms with Crippen molar-refractivity contribution in [3.63, 3.8) is 0 Å². The Bertz CT molecular complexity index is 1190. The topological polar surface area (TPSA) is 46.2 Å². The summed E-state index contributed by atoms with van der Waals surface area (Å²) in [4.78, 5) is 0. The lowest BCUT2D eigenvalue weighted by molar-refractivity contribution is -0.139. The smallest absolute Gasteiger partial charge is 0.127 e. The molecule has 3 aromatic carbocycles. The Labute approximate surface area is 230 Å². The van der Waals surface area contributed by atoms with Crippen LogP contribution in [0.1, 0.15) is 48.1 Å². The molecule has 2 bridgehead atoms. The molecule has 0 saturated carbocycles. The SMILES string of the molecule is CCOc1ccc(Cc2cc3c(cc2Cl)OC/C=C\COCC2CC(OCc4ccccc4)CC3O2)cc1. The van der Waals surface area contributed by atoms with Crippen molar-refractivity contribution >= 4 is 11.6 Å². The molecule has 0 aromatic heterocycles. The molecular formula is C32H35ClO5. The fraction of sp³-hybridized carbons (Fsp3) is 0.375. The van der Waals surface area contributed by atoms with E-state index in [1.54, 1.807) is 0 Å². The maximum atomic E-state index is 6.79. The second-order valence-corrected chi connectivity index (χ2v) is 10.1. The maximum Gasteiger partial charge on any atom is 0.127 e. The van der Waals surface area contributed by atoms with Crippen molar-refractivity contribution in [3.8, 4) is 11.5 Å². The minimum absolute atomic E-state index is 0.0409. The minimum Gasteiger partial charge on any atom is -0.494 e. The Balaban J connectivity index is 1.40. The summed E-state index contributed by atoms with van der Waals surface area (Å²) in [5.74, 6) is 1.62. The first-order valence-electron chi connectivity index (χ1n) is 13.4. The number of halogens is 1. The van der Waals surface area contributed by atoms with E-state index in [0.717, 1.165) is 46.6 Å². The van der Waals surface area contributed by atoms with E-state index >= 15 is 0 Å². The van der Waals surface area contributed by atoms with Crippen molar-refractivity contribution < 1.29 is 23.7 Å². The summed E-state index contributed by atoms with van der Waals surface area (Å²) in [5.41, 5.74) is 4.36. The highest BCUT2D eigenvalue weighted by molar-refractivity contribution is 6.31. The number of rotatable bonds is 7. The average molecular weight is 535 g/mol. The first-order valence-corrected chi connectivity index (χ1v) is 13.8. The summed E-state index contributed by atoms with van der Waals surface area (Å²) in [6.07, 6.45) is 5.97. The summed E-state index contributed by atoms with van der Waals surface area (Å²) in [7, 11) is 0. The van der Waals surface area contributed by atoms with E-state index < -0.39 is 0 Å². The summed E-state index contributed by atoms with van der Waals surface area (Å²) < 4.78 is 30.6. The van der Waals surface area contributed by atoms with Crippen LogP contribution in [-0.2, 0) is 27.2 Å². The molecule has 0 N–H and O–H groups in total. The summed E-state index contributed by atoms with van der Waals surface area (Å²) >= 11 is 6.79. The molecular weight excluding hydrogens is 500 g/mol. The van der Waals surface area contributed by atoms with Crippen LogP contribution < -0.4 is 9.47 Å². The van der Waals surface area contributed by atoms with E-state index in [1.807, 2.05) is 55.5 Å². The van der Waals surface area contributed by atoms with Gasteiger partial charge in [0.05, 0.1) is 44.7 Å². The monoisotopic (exact) mass is 534 g/mol. The summed E-state index contributed by atoms with van der Waals surface area (Å²) in [6.45, 7) is 4.69. The van der Waals surface area contributed by atoms with Gasteiger partial charge in [-0.25, -0.2) is 0 Å². The first-order chi connectivity index (χ1) is 18.7. The maximum absolute atomic E-state index is 6.79. The molecule has 6 heteroatoms. The van der Waals surface area contributed by atoms with Gasteiger partial charge in [0.2, 0.25) is 0 Å². The molecule has 1 fully saturated rings. The first kappa shape index (κ1) is 26.8. The molecule has 38 heavy (non-hydrogen) atoms. The van der Waals surface area contributed by atoms with Crippen LogP contribution in [0.2, 0.25) is 5.02 Å². The molecule has 0 spiro atoms. The third-order valence-electron chi connectivity index (χ3n) is 6.86. The third-order valence-corrected chi connectivity index (χ3v) is 7.21. The Hall–Kier alpha value is -2.83. The molecule has 3 unspecified atom stereocenters. The molecule has 5 rings (SSSR count). The van der Waals surface area contributed by atoms with Gasteiger partial charge in [-0.2, -0.15) is 0 Å². The molecule has 3 aromatic rings. The number of ether oxygens (including phenoxy) is 5. The number of fused-ring (bicyclic) bond motifs is 4. The number of hydrogen-bond acceptors (Lipinski definition) is 5. The summed E-state index contributed by atoms with van der Waals surface area (Å²) in [6, 6.07) is 22.5. The minimum atomic E-state index is -0.187. The molecule has 1 saturated heterocycles. The molecule has 5 nitrogen and oxygen atoms in total. The van der Waals surface area contributed by atoms with Crippen LogP contribution >= 0.6 is 11.6 Å². The lowest BCUT2D eigenvalue weighted by atomic mass is 9.93. The molecule has 2 aliphatic rings. The second kappa shape index (κ2) is 13.3. The van der Waals surface area contributed by atoms with Gasteiger partial charge in [-0.05, 0) is 60.4 Å². The van der Waals surface area contributed by atoms with E-state index in [2.05, 4.69) is 30.3 Å². The lowest BCUT2D eigenvalue weighted by Crippen LogP contribution is -2.36. The molecule has 0 amide bonds. The van der Waals surface area contributed by atoms with Crippen molar-refractivity contribution in [3.05, 3.63) is 106 Å². The predicted molar refractivity (Wildman–Crippen MR) is 149 cm³/mol. The van der Waals surface area contributed by atoms with Crippen LogP contribution in [0.15, 0.2) is 78.9 Å². The molecule has 0 aliphatic carbocycles. The van der Waals surface area contributed by atoms with Crippen LogP contribution in [0.25, 0.3) is 0 Å². The highest BCUT2D eigenvalue weighted by Crippen LogP contribution is 2.41. The highest BCUT2D eigenvalue weighted by atomic mass is 35.5. The third kappa shape index (κ3) is 7.17. The zero-order chi connectivity index (χ0) is 26.2. The Morgan fingerprint density at radius 3 is 2.55 bits per heavy atom. The lowest BCUT2D eigenvalue weighted by Gasteiger charge is -2.36. The van der Waals surface area contributed by atoms with Crippen LogP contribution in [0.3, 0.4) is 0 Å². The molecule has 200 valence electrons. The van der Waals surface area contributed by atoms with E-state index in [9.17, 15) is 0 Å². The fourth-order valence-electron chi connectivity index (χ4n) is 4.97. The zero-order valence-electron chi connectivity index (χ0n) is 21.8. The highest BCUT2D eigenvalue weighted by Gasteiger charge is 2.33. The largest absolute Gasteiger partial charge is 0.494 e. The normalized spacial score (nSPS) is 22.3. The van der Waals surface area contributed by atoms with Gasteiger partial charge in [0.25, 0.3) is 0 Å².